The van der Waals surface area contributed by atoms with E-state index in [9.17, 15) is 0 Å². The number of nitrogens with zero attached hydrogens (tertiary/aromatic N) is 2. The Hall–Kier alpha value is -0.120. The summed E-state index contributed by atoms with van der Waals surface area (Å²) in [4.78, 5) is 5.17. The molecule has 2 rings (SSSR count). The molecule has 3 nitrogen and oxygen atoms in total. The fraction of sp³-hybridized carbons (Fsp3) is 1.00. The third-order valence-corrected chi connectivity index (χ3v) is 3.84. The smallest absolute Gasteiger partial charge is 0.0345 e. The lowest BCUT2D eigenvalue weighted by Crippen LogP contribution is -2.58. The van der Waals surface area contributed by atoms with E-state index in [1.165, 1.54) is 32.6 Å². The molecule has 0 radical (unpaired) electrons. The molecule has 2 aliphatic heterocycles. The zero-order chi connectivity index (χ0) is 10.1. The van der Waals surface area contributed by atoms with E-state index in [-0.39, 0.29) is 0 Å². The van der Waals surface area contributed by atoms with Gasteiger partial charge in [0.2, 0.25) is 0 Å². The largest absolute Gasteiger partial charge is 0.314 e. The van der Waals surface area contributed by atoms with Crippen molar-refractivity contribution in [2.45, 2.75) is 38.4 Å². The first-order valence-corrected chi connectivity index (χ1v) is 5.85. The summed E-state index contributed by atoms with van der Waals surface area (Å²) in [7, 11) is 2.29. The predicted molar refractivity (Wildman–Crippen MR) is 59.5 cm³/mol. The van der Waals surface area contributed by atoms with E-state index in [1.807, 2.05) is 0 Å². The average molecular weight is 197 g/mol. The quantitative estimate of drug-likeness (QED) is 0.705. The lowest BCUT2D eigenvalue weighted by molar-refractivity contribution is 0.125. The SMILES string of the molecule is CC(C)N1CCC(N(C)C2CNC2)C1. The number of hydrogen-bond donors (Lipinski definition) is 1. The van der Waals surface area contributed by atoms with Gasteiger partial charge < -0.3 is 5.32 Å². The molecule has 2 saturated heterocycles. The Morgan fingerprint density at radius 2 is 2.00 bits per heavy atom. The van der Waals surface area contributed by atoms with E-state index in [4.69, 9.17) is 0 Å². The second-order valence-corrected chi connectivity index (χ2v) is 5.01. The normalized spacial score (nSPS) is 30.2. The molecule has 0 aliphatic carbocycles. The van der Waals surface area contributed by atoms with Gasteiger partial charge in [-0.25, -0.2) is 0 Å². The molecule has 14 heavy (non-hydrogen) atoms. The highest BCUT2D eigenvalue weighted by Crippen LogP contribution is 2.19. The fourth-order valence-corrected chi connectivity index (χ4v) is 2.43. The Bertz CT molecular complexity index is 189. The van der Waals surface area contributed by atoms with Crippen LogP contribution in [0.3, 0.4) is 0 Å². The van der Waals surface area contributed by atoms with E-state index in [0.717, 1.165) is 12.1 Å². The highest BCUT2D eigenvalue weighted by atomic mass is 15.3. The maximum Gasteiger partial charge on any atom is 0.0345 e. The minimum atomic E-state index is 0.716. The molecule has 2 heterocycles. The van der Waals surface area contributed by atoms with Crippen molar-refractivity contribution >= 4 is 0 Å². The summed E-state index contributed by atoms with van der Waals surface area (Å²) in [5.41, 5.74) is 0. The van der Waals surface area contributed by atoms with Crippen molar-refractivity contribution in [3.63, 3.8) is 0 Å². The average Bonchev–Trinajstić information content (AvgIpc) is 2.48. The third-order valence-electron chi connectivity index (χ3n) is 3.84. The molecule has 0 bridgehead atoms. The van der Waals surface area contributed by atoms with Crippen LogP contribution in [0.4, 0.5) is 0 Å². The zero-order valence-electron chi connectivity index (χ0n) is 9.66. The number of likely N-dealkylation sites (tertiary alicyclic amines) is 1. The lowest BCUT2D eigenvalue weighted by Gasteiger charge is -2.39. The van der Waals surface area contributed by atoms with Crippen LogP contribution in [0.15, 0.2) is 0 Å². The highest BCUT2D eigenvalue weighted by molar-refractivity contribution is 4.91. The number of likely N-dealkylation sites (N-methyl/N-ethyl adjacent to an activating group) is 1. The minimum absolute atomic E-state index is 0.716. The van der Waals surface area contributed by atoms with Crippen LogP contribution in [0.2, 0.25) is 0 Å². The molecule has 1 N–H and O–H groups in total. The van der Waals surface area contributed by atoms with Gasteiger partial charge >= 0.3 is 0 Å². The van der Waals surface area contributed by atoms with Gasteiger partial charge in [-0.1, -0.05) is 0 Å². The number of rotatable bonds is 3. The van der Waals surface area contributed by atoms with Crippen molar-refractivity contribution in [3.8, 4) is 0 Å². The van der Waals surface area contributed by atoms with Crippen LogP contribution in [0.5, 0.6) is 0 Å². The van der Waals surface area contributed by atoms with Crippen molar-refractivity contribution in [3.05, 3.63) is 0 Å². The van der Waals surface area contributed by atoms with E-state index < -0.39 is 0 Å². The predicted octanol–water partition coefficient (Wildman–Crippen LogP) is 0.373. The Morgan fingerprint density at radius 1 is 1.29 bits per heavy atom. The Morgan fingerprint density at radius 3 is 2.43 bits per heavy atom. The summed E-state index contributed by atoms with van der Waals surface area (Å²) in [5, 5.41) is 3.34. The zero-order valence-corrected chi connectivity index (χ0v) is 9.66. The van der Waals surface area contributed by atoms with E-state index >= 15 is 0 Å². The Kier molecular flexibility index (Phi) is 3.10. The molecular formula is C11H23N3. The van der Waals surface area contributed by atoms with Crippen molar-refractivity contribution in [2.75, 3.05) is 33.2 Å². The summed E-state index contributed by atoms with van der Waals surface area (Å²) in [5.74, 6) is 0. The van der Waals surface area contributed by atoms with Crippen LogP contribution in [0, 0.1) is 0 Å². The van der Waals surface area contributed by atoms with Crippen molar-refractivity contribution in [1.29, 1.82) is 0 Å². The van der Waals surface area contributed by atoms with Crippen molar-refractivity contribution in [2.24, 2.45) is 0 Å². The summed E-state index contributed by atoms with van der Waals surface area (Å²) in [6.07, 6.45) is 1.35. The number of nitrogens with one attached hydrogen (secondary N) is 1. The van der Waals surface area contributed by atoms with Crippen molar-refractivity contribution in [1.82, 2.24) is 15.1 Å². The van der Waals surface area contributed by atoms with Crippen molar-refractivity contribution < 1.29 is 0 Å². The second kappa shape index (κ2) is 4.17. The first-order valence-electron chi connectivity index (χ1n) is 5.85. The van der Waals surface area contributed by atoms with Gasteiger partial charge in [0.15, 0.2) is 0 Å². The molecule has 3 heteroatoms. The molecule has 82 valence electrons. The van der Waals surface area contributed by atoms with Gasteiger partial charge in [-0.3, -0.25) is 9.80 Å². The highest BCUT2D eigenvalue weighted by Gasteiger charge is 2.32. The molecule has 2 fully saturated rings. The molecule has 0 aromatic rings. The first kappa shape index (κ1) is 10.4. The molecular weight excluding hydrogens is 174 g/mol. The van der Waals surface area contributed by atoms with E-state index in [2.05, 4.69) is 36.0 Å². The lowest BCUT2D eigenvalue weighted by atomic mass is 10.1. The molecule has 1 unspecified atom stereocenters. The van der Waals surface area contributed by atoms with Crippen LogP contribution in [-0.4, -0.2) is 61.2 Å². The third kappa shape index (κ3) is 1.95. The van der Waals surface area contributed by atoms with Gasteiger partial charge in [-0.2, -0.15) is 0 Å². The summed E-state index contributed by atoms with van der Waals surface area (Å²) >= 11 is 0. The van der Waals surface area contributed by atoms with Gasteiger partial charge in [0, 0.05) is 44.3 Å². The Labute approximate surface area is 87.4 Å². The first-order chi connectivity index (χ1) is 6.68. The minimum Gasteiger partial charge on any atom is -0.314 e. The molecule has 1 atom stereocenters. The van der Waals surface area contributed by atoms with Gasteiger partial charge in [0.05, 0.1) is 0 Å². The molecule has 0 aromatic carbocycles. The topological polar surface area (TPSA) is 18.5 Å². The van der Waals surface area contributed by atoms with Gasteiger partial charge in [0.25, 0.3) is 0 Å². The number of hydrogen-bond acceptors (Lipinski definition) is 3. The van der Waals surface area contributed by atoms with Gasteiger partial charge in [0.1, 0.15) is 0 Å². The standard InChI is InChI=1S/C11H23N3/c1-9(2)14-5-4-10(8-14)13(3)11-6-12-7-11/h9-12H,4-8H2,1-3H3. The monoisotopic (exact) mass is 197 g/mol. The van der Waals surface area contributed by atoms with Crippen LogP contribution < -0.4 is 5.32 Å². The molecule has 2 aliphatic rings. The summed E-state index contributed by atoms with van der Waals surface area (Å²) in [6, 6.07) is 2.31. The van der Waals surface area contributed by atoms with E-state index in [0.29, 0.717) is 6.04 Å². The van der Waals surface area contributed by atoms with Crippen LogP contribution in [0.1, 0.15) is 20.3 Å². The fourth-order valence-electron chi connectivity index (χ4n) is 2.43. The molecule has 0 saturated carbocycles. The van der Waals surface area contributed by atoms with Gasteiger partial charge in [-0.05, 0) is 27.3 Å². The molecule has 0 amide bonds. The van der Waals surface area contributed by atoms with Crippen LogP contribution >= 0.6 is 0 Å². The molecule has 0 aromatic heterocycles. The Balaban J connectivity index is 1.82. The van der Waals surface area contributed by atoms with Crippen LogP contribution in [-0.2, 0) is 0 Å². The summed E-state index contributed by atoms with van der Waals surface area (Å²) in [6.45, 7) is 9.53. The maximum absolute atomic E-state index is 3.34. The summed E-state index contributed by atoms with van der Waals surface area (Å²) < 4.78 is 0. The van der Waals surface area contributed by atoms with Crippen LogP contribution in [0.25, 0.3) is 0 Å². The molecule has 0 spiro atoms. The van der Waals surface area contributed by atoms with Gasteiger partial charge in [-0.15, -0.1) is 0 Å². The van der Waals surface area contributed by atoms with E-state index in [1.54, 1.807) is 0 Å². The second-order valence-electron chi connectivity index (χ2n) is 5.01. The maximum atomic E-state index is 3.34.